The maximum absolute atomic E-state index is 13.3. The Morgan fingerprint density at radius 1 is 1.44 bits per heavy atom. The summed E-state index contributed by atoms with van der Waals surface area (Å²) < 4.78 is 18.5. The minimum atomic E-state index is -0.336. The number of aliphatic hydroxyl groups is 1. The first-order valence-electron chi connectivity index (χ1n) is 5.66. The van der Waals surface area contributed by atoms with Gasteiger partial charge in [0, 0.05) is 17.7 Å². The van der Waals surface area contributed by atoms with Crippen molar-refractivity contribution >= 4 is 0 Å². The van der Waals surface area contributed by atoms with Crippen LogP contribution < -0.4 is 4.74 Å². The molecule has 0 saturated carbocycles. The van der Waals surface area contributed by atoms with Crippen molar-refractivity contribution in [2.45, 2.75) is 13.3 Å². The van der Waals surface area contributed by atoms with Crippen molar-refractivity contribution in [1.29, 1.82) is 0 Å². The third-order valence-corrected chi connectivity index (χ3v) is 2.70. The van der Waals surface area contributed by atoms with E-state index in [2.05, 4.69) is 9.97 Å². The lowest BCUT2D eigenvalue weighted by Gasteiger charge is -2.06. The molecule has 0 aliphatic heterocycles. The van der Waals surface area contributed by atoms with E-state index in [4.69, 9.17) is 9.84 Å². The van der Waals surface area contributed by atoms with Gasteiger partial charge in [0.15, 0.2) is 0 Å². The zero-order chi connectivity index (χ0) is 13.1. The van der Waals surface area contributed by atoms with E-state index in [0.29, 0.717) is 29.3 Å². The Balaban J connectivity index is 2.50. The number of benzene rings is 1. The highest BCUT2D eigenvalue weighted by atomic mass is 19.1. The van der Waals surface area contributed by atoms with Gasteiger partial charge in [-0.15, -0.1) is 0 Å². The first-order chi connectivity index (χ1) is 8.65. The van der Waals surface area contributed by atoms with E-state index in [9.17, 15) is 4.39 Å². The van der Waals surface area contributed by atoms with Gasteiger partial charge in [-0.1, -0.05) is 0 Å². The molecule has 2 N–H and O–H groups in total. The topological polar surface area (TPSA) is 58.1 Å². The van der Waals surface area contributed by atoms with Crippen molar-refractivity contribution in [3.63, 3.8) is 0 Å². The second-order valence-corrected chi connectivity index (χ2v) is 3.98. The predicted octanol–water partition coefficient (Wildman–Crippen LogP) is 2.07. The van der Waals surface area contributed by atoms with Crippen LogP contribution in [0.2, 0.25) is 0 Å². The van der Waals surface area contributed by atoms with Gasteiger partial charge in [0.05, 0.1) is 19.4 Å². The second kappa shape index (κ2) is 5.18. The fourth-order valence-electron chi connectivity index (χ4n) is 1.87. The predicted molar refractivity (Wildman–Crippen MR) is 66.1 cm³/mol. The number of nitrogens with one attached hydrogen (secondary N) is 1. The molecule has 96 valence electrons. The summed E-state index contributed by atoms with van der Waals surface area (Å²) in [5.41, 5.74) is 2.08. The maximum Gasteiger partial charge on any atom is 0.128 e. The van der Waals surface area contributed by atoms with Gasteiger partial charge in [0.1, 0.15) is 17.4 Å². The molecule has 0 radical (unpaired) electrons. The minimum absolute atomic E-state index is 0.0205. The third kappa shape index (κ3) is 2.36. The summed E-state index contributed by atoms with van der Waals surface area (Å²) >= 11 is 0. The van der Waals surface area contributed by atoms with Gasteiger partial charge in [-0.25, -0.2) is 9.37 Å². The number of aromatic nitrogens is 2. The number of rotatable bonds is 4. The smallest absolute Gasteiger partial charge is 0.128 e. The van der Waals surface area contributed by atoms with Crippen LogP contribution in [0.15, 0.2) is 18.2 Å². The van der Waals surface area contributed by atoms with Crippen molar-refractivity contribution < 1.29 is 14.2 Å². The van der Waals surface area contributed by atoms with Crippen LogP contribution in [0.4, 0.5) is 4.39 Å². The summed E-state index contributed by atoms with van der Waals surface area (Å²) in [6.45, 7) is 1.88. The monoisotopic (exact) mass is 250 g/mol. The highest BCUT2D eigenvalue weighted by Crippen LogP contribution is 2.31. The van der Waals surface area contributed by atoms with E-state index >= 15 is 0 Å². The number of imidazole rings is 1. The van der Waals surface area contributed by atoms with Crippen LogP contribution in [-0.4, -0.2) is 28.8 Å². The lowest BCUT2D eigenvalue weighted by atomic mass is 10.1. The maximum atomic E-state index is 13.3. The number of hydrogen-bond acceptors (Lipinski definition) is 3. The molecule has 1 aromatic heterocycles. The van der Waals surface area contributed by atoms with Gasteiger partial charge in [-0.3, -0.25) is 0 Å². The molecule has 2 rings (SSSR count). The van der Waals surface area contributed by atoms with E-state index in [1.807, 2.05) is 6.92 Å². The largest absolute Gasteiger partial charge is 0.496 e. The van der Waals surface area contributed by atoms with Gasteiger partial charge < -0.3 is 14.8 Å². The van der Waals surface area contributed by atoms with Crippen LogP contribution >= 0.6 is 0 Å². The molecule has 0 unspecified atom stereocenters. The van der Waals surface area contributed by atoms with Crippen molar-refractivity contribution in [2.75, 3.05) is 13.7 Å². The minimum Gasteiger partial charge on any atom is -0.496 e. The van der Waals surface area contributed by atoms with Crippen LogP contribution in [0.5, 0.6) is 5.75 Å². The molecule has 1 heterocycles. The molecule has 0 aliphatic rings. The summed E-state index contributed by atoms with van der Waals surface area (Å²) in [6.07, 6.45) is 0.443. The Morgan fingerprint density at radius 2 is 2.22 bits per heavy atom. The lowest BCUT2D eigenvalue weighted by molar-refractivity contribution is 0.297. The van der Waals surface area contributed by atoms with E-state index in [1.54, 1.807) is 6.07 Å². The first-order valence-corrected chi connectivity index (χ1v) is 5.66. The fourth-order valence-corrected chi connectivity index (χ4v) is 1.87. The van der Waals surface area contributed by atoms with E-state index < -0.39 is 0 Å². The van der Waals surface area contributed by atoms with Gasteiger partial charge >= 0.3 is 0 Å². The number of halogens is 1. The molecular formula is C13H15FN2O2. The molecule has 0 bridgehead atoms. The molecule has 4 nitrogen and oxygen atoms in total. The van der Waals surface area contributed by atoms with Crippen LogP contribution in [-0.2, 0) is 6.42 Å². The summed E-state index contributed by atoms with van der Waals surface area (Å²) in [5, 5.41) is 8.89. The molecule has 0 spiro atoms. The van der Waals surface area contributed by atoms with Crippen LogP contribution in [0.25, 0.3) is 11.3 Å². The number of nitrogens with zero attached hydrogens (tertiary/aromatic N) is 1. The lowest BCUT2D eigenvalue weighted by Crippen LogP contribution is -1.93. The molecule has 5 heteroatoms. The number of H-pyrrole nitrogens is 1. The summed E-state index contributed by atoms with van der Waals surface area (Å²) in [5.74, 6) is 0.912. The zero-order valence-electron chi connectivity index (χ0n) is 10.3. The van der Waals surface area contributed by atoms with E-state index in [0.717, 1.165) is 5.69 Å². The van der Waals surface area contributed by atoms with Crippen molar-refractivity contribution in [1.82, 2.24) is 9.97 Å². The number of aliphatic hydroxyl groups excluding tert-OH is 1. The molecule has 0 amide bonds. The van der Waals surface area contributed by atoms with Crippen molar-refractivity contribution in [2.24, 2.45) is 0 Å². The highest BCUT2D eigenvalue weighted by molar-refractivity contribution is 5.69. The van der Waals surface area contributed by atoms with Crippen molar-refractivity contribution in [3.8, 4) is 17.0 Å². The summed E-state index contributed by atoms with van der Waals surface area (Å²) in [4.78, 5) is 7.42. The van der Waals surface area contributed by atoms with Crippen LogP contribution in [0, 0.1) is 12.7 Å². The Morgan fingerprint density at radius 3 is 2.89 bits per heavy atom. The average molecular weight is 250 g/mol. The third-order valence-electron chi connectivity index (χ3n) is 2.70. The molecular weight excluding hydrogens is 235 g/mol. The van der Waals surface area contributed by atoms with Crippen LogP contribution in [0.3, 0.4) is 0 Å². The molecule has 18 heavy (non-hydrogen) atoms. The Kier molecular flexibility index (Phi) is 3.62. The summed E-state index contributed by atoms with van der Waals surface area (Å²) in [6, 6.07) is 4.31. The normalized spacial score (nSPS) is 10.7. The van der Waals surface area contributed by atoms with Gasteiger partial charge in [-0.05, 0) is 25.1 Å². The Hall–Kier alpha value is -1.88. The van der Waals surface area contributed by atoms with Gasteiger partial charge in [0.25, 0.3) is 0 Å². The van der Waals surface area contributed by atoms with E-state index in [1.165, 1.54) is 19.2 Å². The quantitative estimate of drug-likeness (QED) is 0.873. The SMILES string of the molecule is COc1ccc(F)cc1-c1nc(CCO)[nH]c1C. The van der Waals surface area contributed by atoms with E-state index in [-0.39, 0.29) is 12.4 Å². The molecule has 1 aromatic carbocycles. The number of aryl methyl sites for hydroxylation is 1. The van der Waals surface area contributed by atoms with Gasteiger partial charge in [-0.2, -0.15) is 0 Å². The zero-order valence-corrected chi connectivity index (χ0v) is 10.3. The highest BCUT2D eigenvalue weighted by Gasteiger charge is 2.14. The molecule has 2 aromatic rings. The Labute approximate surface area is 104 Å². The number of ether oxygens (including phenoxy) is 1. The number of aromatic amines is 1. The average Bonchev–Trinajstić information content (AvgIpc) is 2.70. The number of methoxy groups -OCH3 is 1. The second-order valence-electron chi connectivity index (χ2n) is 3.98. The van der Waals surface area contributed by atoms with Crippen molar-refractivity contribution in [3.05, 3.63) is 35.5 Å². The standard InChI is InChI=1S/C13H15FN2O2/c1-8-13(16-12(15-8)5-6-17)10-7-9(14)3-4-11(10)18-2/h3-4,7,17H,5-6H2,1-2H3,(H,15,16). The molecule has 0 saturated heterocycles. The molecule has 0 aliphatic carbocycles. The number of hydrogen-bond donors (Lipinski definition) is 2. The Bertz CT molecular complexity index is 552. The summed E-state index contributed by atoms with van der Waals surface area (Å²) in [7, 11) is 1.54. The first kappa shape index (κ1) is 12.6. The van der Waals surface area contributed by atoms with Gasteiger partial charge in [0.2, 0.25) is 0 Å². The molecule has 0 fully saturated rings. The van der Waals surface area contributed by atoms with Crippen LogP contribution in [0.1, 0.15) is 11.5 Å². The fraction of sp³-hybridized carbons (Fsp3) is 0.308. The molecule has 0 atom stereocenters.